The van der Waals surface area contributed by atoms with Crippen molar-refractivity contribution in [2.45, 2.75) is 56.6 Å². The molecular formula is C24H29NO. The summed E-state index contributed by atoms with van der Waals surface area (Å²) in [4.78, 5) is 2.58. The molecule has 0 radical (unpaired) electrons. The average Bonchev–Trinajstić information content (AvgIpc) is 2.69. The maximum Gasteiger partial charge on any atom is 0.0714 e. The molecular weight excluding hydrogens is 318 g/mol. The SMILES string of the molecule is CC(C)N1CCOC(CC23CCC(c4ccccc42)c2ccccc23)C1. The number of nitrogens with zero attached hydrogens (tertiary/aromatic N) is 1. The van der Waals surface area contributed by atoms with Crippen LogP contribution in [0.1, 0.15) is 61.3 Å². The van der Waals surface area contributed by atoms with Crippen molar-refractivity contribution in [2.75, 3.05) is 19.7 Å². The minimum Gasteiger partial charge on any atom is -0.376 e. The fourth-order valence-corrected chi connectivity index (χ4v) is 5.80. The van der Waals surface area contributed by atoms with Crippen LogP contribution < -0.4 is 0 Å². The van der Waals surface area contributed by atoms with Crippen molar-refractivity contribution >= 4 is 0 Å². The predicted octanol–water partition coefficient (Wildman–Crippen LogP) is 4.71. The standard InChI is InChI=1S/C24H29NO/c1-17(2)25-13-14-26-18(16-25)15-24-12-11-19(20-7-3-5-9-22(20)24)21-8-4-6-10-23(21)24/h3-10,17-19H,11-16H2,1-2H3. The molecule has 2 nitrogen and oxygen atoms in total. The highest BCUT2D eigenvalue weighted by atomic mass is 16.5. The van der Waals surface area contributed by atoms with Gasteiger partial charge in [0.2, 0.25) is 0 Å². The Morgan fingerprint density at radius 1 is 1.04 bits per heavy atom. The van der Waals surface area contributed by atoms with E-state index in [-0.39, 0.29) is 5.41 Å². The van der Waals surface area contributed by atoms with Crippen LogP contribution in [0.15, 0.2) is 48.5 Å². The normalized spacial score (nSPS) is 30.3. The highest BCUT2D eigenvalue weighted by Gasteiger charge is 2.49. The van der Waals surface area contributed by atoms with Crippen molar-refractivity contribution in [3.8, 4) is 0 Å². The molecule has 3 aliphatic carbocycles. The van der Waals surface area contributed by atoms with Gasteiger partial charge >= 0.3 is 0 Å². The van der Waals surface area contributed by atoms with Gasteiger partial charge in [0, 0.05) is 30.5 Å². The average molecular weight is 348 g/mol. The van der Waals surface area contributed by atoms with Crippen molar-refractivity contribution < 1.29 is 4.74 Å². The summed E-state index contributed by atoms with van der Waals surface area (Å²) >= 11 is 0. The molecule has 0 aromatic heterocycles. The van der Waals surface area contributed by atoms with E-state index in [1.807, 2.05) is 0 Å². The quantitative estimate of drug-likeness (QED) is 0.797. The Morgan fingerprint density at radius 2 is 1.69 bits per heavy atom. The topological polar surface area (TPSA) is 12.5 Å². The van der Waals surface area contributed by atoms with Gasteiger partial charge in [-0.05, 0) is 55.4 Å². The molecule has 26 heavy (non-hydrogen) atoms. The molecule has 0 N–H and O–H groups in total. The lowest BCUT2D eigenvalue weighted by Crippen LogP contribution is -2.50. The summed E-state index contributed by atoms with van der Waals surface area (Å²) in [5.74, 6) is 0.587. The molecule has 1 saturated heterocycles. The molecule has 1 atom stereocenters. The van der Waals surface area contributed by atoms with Crippen molar-refractivity contribution in [2.24, 2.45) is 0 Å². The molecule has 2 bridgehead atoms. The summed E-state index contributed by atoms with van der Waals surface area (Å²) in [5, 5.41) is 0. The molecule has 136 valence electrons. The Labute approximate surface area is 157 Å². The second kappa shape index (κ2) is 6.21. The van der Waals surface area contributed by atoms with Crippen LogP contribution in [0.4, 0.5) is 0 Å². The van der Waals surface area contributed by atoms with Crippen LogP contribution in [0.2, 0.25) is 0 Å². The molecule has 1 aliphatic heterocycles. The maximum absolute atomic E-state index is 6.29. The molecule has 1 fully saturated rings. The van der Waals surface area contributed by atoms with Crippen LogP contribution >= 0.6 is 0 Å². The van der Waals surface area contributed by atoms with Crippen LogP contribution in [0.3, 0.4) is 0 Å². The van der Waals surface area contributed by atoms with Crippen LogP contribution in [0.5, 0.6) is 0 Å². The molecule has 0 saturated carbocycles. The van der Waals surface area contributed by atoms with E-state index >= 15 is 0 Å². The molecule has 2 aromatic carbocycles. The smallest absolute Gasteiger partial charge is 0.0714 e. The first-order valence-corrected chi connectivity index (χ1v) is 10.2. The second-order valence-corrected chi connectivity index (χ2v) is 8.63. The number of morpholine rings is 1. The third-order valence-electron chi connectivity index (χ3n) is 7.04. The summed E-state index contributed by atoms with van der Waals surface area (Å²) in [6, 6.07) is 19.0. The molecule has 4 aliphatic rings. The first-order chi connectivity index (χ1) is 12.7. The van der Waals surface area contributed by atoms with E-state index in [1.54, 1.807) is 22.3 Å². The van der Waals surface area contributed by atoms with Crippen LogP contribution in [0, 0.1) is 0 Å². The Kier molecular flexibility index (Phi) is 3.95. The number of hydrogen-bond acceptors (Lipinski definition) is 2. The maximum atomic E-state index is 6.29. The van der Waals surface area contributed by atoms with Crippen molar-refractivity contribution in [3.05, 3.63) is 70.8 Å². The lowest BCUT2D eigenvalue weighted by atomic mass is 9.53. The Hall–Kier alpha value is -1.64. The number of ether oxygens (including phenoxy) is 1. The minimum absolute atomic E-state index is 0.132. The van der Waals surface area contributed by atoms with E-state index in [1.165, 1.54) is 12.8 Å². The fraction of sp³-hybridized carbons (Fsp3) is 0.500. The molecule has 6 rings (SSSR count). The second-order valence-electron chi connectivity index (χ2n) is 8.63. The van der Waals surface area contributed by atoms with E-state index in [4.69, 9.17) is 4.74 Å². The lowest BCUT2D eigenvalue weighted by Gasteiger charge is -2.51. The van der Waals surface area contributed by atoms with E-state index in [2.05, 4.69) is 67.3 Å². The number of fused-ring (bicyclic) bond motifs is 1. The van der Waals surface area contributed by atoms with E-state index in [0.717, 1.165) is 26.1 Å². The zero-order valence-electron chi connectivity index (χ0n) is 15.9. The molecule has 0 spiro atoms. The summed E-state index contributed by atoms with van der Waals surface area (Å²) < 4.78 is 6.29. The first kappa shape index (κ1) is 16.5. The van der Waals surface area contributed by atoms with Gasteiger partial charge in [0.15, 0.2) is 0 Å². The predicted molar refractivity (Wildman–Crippen MR) is 106 cm³/mol. The highest BCUT2D eigenvalue weighted by Crippen LogP contribution is 2.58. The first-order valence-electron chi connectivity index (χ1n) is 10.2. The molecule has 0 amide bonds. The number of rotatable bonds is 3. The van der Waals surface area contributed by atoms with Gasteiger partial charge < -0.3 is 4.74 Å². The molecule has 2 heteroatoms. The monoisotopic (exact) mass is 347 g/mol. The van der Waals surface area contributed by atoms with Gasteiger partial charge in [-0.2, -0.15) is 0 Å². The van der Waals surface area contributed by atoms with Gasteiger partial charge in [0.25, 0.3) is 0 Å². The van der Waals surface area contributed by atoms with Gasteiger partial charge in [0.1, 0.15) is 0 Å². The van der Waals surface area contributed by atoms with Crippen LogP contribution in [-0.4, -0.2) is 36.7 Å². The molecule has 2 aromatic rings. The summed E-state index contributed by atoms with van der Waals surface area (Å²) in [5.41, 5.74) is 6.40. The van der Waals surface area contributed by atoms with Crippen molar-refractivity contribution in [1.29, 1.82) is 0 Å². The van der Waals surface area contributed by atoms with E-state index in [9.17, 15) is 0 Å². The van der Waals surface area contributed by atoms with Gasteiger partial charge in [0.05, 0.1) is 12.7 Å². The van der Waals surface area contributed by atoms with E-state index in [0.29, 0.717) is 18.1 Å². The lowest BCUT2D eigenvalue weighted by molar-refractivity contribution is -0.0508. The van der Waals surface area contributed by atoms with Crippen LogP contribution in [-0.2, 0) is 10.2 Å². The number of benzene rings is 2. The Bertz CT molecular complexity index is 764. The summed E-state index contributed by atoms with van der Waals surface area (Å²) in [7, 11) is 0. The van der Waals surface area contributed by atoms with Gasteiger partial charge in [-0.15, -0.1) is 0 Å². The summed E-state index contributed by atoms with van der Waals surface area (Å²) in [6.45, 7) is 7.60. The minimum atomic E-state index is 0.132. The molecule has 1 unspecified atom stereocenters. The van der Waals surface area contributed by atoms with Gasteiger partial charge in [-0.25, -0.2) is 0 Å². The van der Waals surface area contributed by atoms with E-state index < -0.39 is 0 Å². The Morgan fingerprint density at radius 3 is 2.35 bits per heavy atom. The third kappa shape index (κ3) is 2.39. The molecule has 1 heterocycles. The van der Waals surface area contributed by atoms with Gasteiger partial charge in [-0.3, -0.25) is 4.90 Å². The number of hydrogen-bond donors (Lipinski definition) is 0. The van der Waals surface area contributed by atoms with Crippen molar-refractivity contribution in [3.63, 3.8) is 0 Å². The largest absolute Gasteiger partial charge is 0.376 e. The highest BCUT2D eigenvalue weighted by molar-refractivity contribution is 5.59. The fourth-order valence-electron chi connectivity index (χ4n) is 5.80. The zero-order valence-corrected chi connectivity index (χ0v) is 15.9. The third-order valence-corrected chi connectivity index (χ3v) is 7.04. The zero-order chi connectivity index (χ0) is 17.7. The Balaban J connectivity index is 1.57. The van der Waals surface area contributed by atoms with Crippen molar-refractivity contribution in [1.82, 2.24) is 4.90 Å². The van der Waals surface area contributed by atoms with Crippen LogP contribution in [0.25, 0.3) is 0 Å². The summed E-state index contributed by atoms with van der Waals surface area (Å²) in [6.07, 6.45) is 3.96. The van der Waals surface area contributed by atoms with Gasteiger partial charge in [-0.1, -0.05) is 48.5 Å².